The van der Waals surface area contributed by atoms with Crippen molar-refractivity contribution >= 4 is 16.7 Å². The lowest BCUT2D eigenvalue weighted by Gasteiger charge is -2.36. The highest BCUT2D eigenvalue weighted by molar-refractivity contribution is 5.74. The largest absolute Gasteiger partial charge is 0.368 e. The number of piperazine rings is 1. The monoisotopic (exact) mass is 431 g/mol. The van der Waals surface area contributed by atoms with Gasteiger partial charge in [0, 0.05) is 44.5 Å². The molecule has 1 aliphatic heterocycles. The summed E-state index contributed by atoms with van der Waals surface area (Å²) >= 11 is 0. The van der Waals surface area contributed by atoms with Crippen LogP contribution >= 0.6 is 0 Å². The molecule has 164 valence electrons. The fourth-order valence-electron chi connectivity index (χ4n) is 4.04. The zero-order chi connectivity index (χ0) is 22.1. The topological polar surface area (TPSA) is 104 Å². The fourth-order valence-corrected chi connectivity index (χ4v) is 4.04. The summed E-state index contributed by atoms with van der Waals surface area (Å²) in [5.41, 5.74) is 5.24. The minimum atomic E-state index is -0.0265. The Morgan fingerprint density at radius 1 is 1.09 bits per heavy atom. The van der Waals surface area contributed by atoms with E-state index in [-0.39, 0.29) is 5.56 Å². The van der Waals surface area contributed by atoms with Crippen LogP contribution in [0.1, 0.15) is 23.9 Å². The van der Waals surface area contributed by atoms with E-state index >= 15 is 0 Å². The number of aromatic amines is 1. The fraction of sp³-hybridized carbons (Fsp3) is 0.348. The second-order valence-corrected chi connectivity index (χ2v) is 8.07. The first-order valence-corrected chi connectivity index (χ1v) is 10.8. The van der Waals surface area contributed by atoms with E-state index in [4.69, 9.17) is 4.52 Å². The van der Waals surface area contributed by atoms with Crippen LogP contribution in [0, 0.1) is 6.92 Å². The normalized spacial score (nSPS) is 14.9. The third-order valence-corrected chi connectivity index (χ3v) is 5.85. The Bertz CT molecular complexity index is 1290. The van der Waals surface area contributed by atoms with Crippen LogP contribution in [0.4, 0.5) is 5.69 Å². The summed E-state index contributed by atoms with van der Waals surface area (Å²) < 4.78 is 5.18. The second kappa shape index (κ2) is 8.51. The van der Waals surface area contributed by atoms with Crippen molar-refractivity contribution in [1.29, 1.82) is 0 Å². The molecule has 4 aromatic heterocycles. The van der Waals surface area contributed by atoms with Gasteiger partial charge >= 0.3 is 0 Å². The molecule has 0 aliphatic carbocycles. The molecule has 9 nitrogen and oxygen atoms in total. The van der Waals surface area contributed by atoms with Gasteiger partial charge in [0.2, 0.25) is 0 Å². The lowest BCUT2D eigenvalue weighted by Crippen LogP contribution is -2.46. The lowest BCUT2D eigenvalue weighted by molar-refractivity contribution is 0.249. The molecule has 32 heavy (non-hydrogen) atoms. The molecule has 4 aromatic rings. The molecular formula is C23H25N7O2. The Hall–Kier alpha value is -3.59. The van der Waals surface area contributed by atoms with Gasteiger partial charge < -0.3 is 14.4 Å². The number of nitrogens with zero attached hydrogens (tertiary/aromatic N) is 6. The molecule has 0 aromatic carbocycles. The molecule has 0 unspecified atom stereocenters. The van der Waals surface area contributed by atoms with Crippen molar-refractivity contribution in [2.45, 2.75) is 26.8 Å². The first-order chi connectivity index (χ1) is 15.6. The summed E-state index contributed by atoms with van der Waals surface area (Å²) in [5, 5.41) is 3.81. The Balaban J connectivity index is 1.21. The molecular weight excluding hydrogens is 406 g/mol. The maximum Gasteiger partial charge on any atom is 0.276 e. The van der Waals surface area contributed by atoms with E-state index in [1.165, 1.54) is 0 Å². The van der Waals surface area contributed by atoms with E-state index in [2.05, 4.69) is 34.9 Å². The number of nitrogens with one attached hydrogen (secondary N) is 1. The van der Waals surface area contributed by atoms with Gasteiger partial charge in [-0.15, -0.1) is 0 Å². The number of aryl methyl sites for hydroxylation is 2. The average Bonchev–Trinajstić information content (AvgIpc) is 3.25. The van der Waals surface area contributed by atoms with Gasteiger partial charge in [0.15, 0.2) is 5.82 Å². The smallest absolute Gasteiger partial charge is 0.276 e. The van der Waals surface area contributed by atoms with Gasteiger partial charge in [-0.1, -0.05) is 12.1 Å². The lowest BCUT2D eigenvalue weighted by atomic mass is 10.1. The zero-order valence-corrected chi connectivity index (χ0v) is 18.2. The van der Waals surface area contributed by atoms with Crippen LogP contribution in [-0.4, -0.2) is 56.2 Å². The number of aromatic nitrogens is 5. The first kappa shape index (κ1) is 20.3. The van der Waals surface area contributed by atoms with E-state index in [1.807, 2.05) is 43.6 Å². The van der Waals surface area contributed by atoms with E-state index in [1.54, 1.807) is 6.92 Å². The second-order valence-electron chi connectivity index (χ2n) is 8.07. The molecule has 1 N–H and O–H groups in total. The van der Waals surface area contributed by atoms with Gasteiger partial charge in [0.05, 0.1) is 22.9 Å². The maximum absolute atomic E-state index is 12.1. The summed E-state index contributed by atoms with van der Waals surface area (Å²) in [5.74, 6) is 1.04. The minimum absolute atomic E-state index is 0.0265. The third kappa shape index (κ3) is 4.11. The van der Waals surface area contributed by atoms with Gasteiger partial charge in [0.1, 0.15) is 5.69 Å². The van der Waals surface area contributed by atoms with Crippen LogP contribution < -0.4 is 10.5 Å². The van der Waals surface area contributed by atoms with E-state index in [9.17, 15) is 4.79 Å². The van der Waals surface area contributed by atoms with Crippen LogP contribution in [0.2, 0.25) is 0 Å². The Morgan fingerprint density at radius 3 is 2.62 bits per heavy atom. The number of anilines is 1. The Labute approximate surface area is 185 Å². The highest BCUT2D eigenvalue weighted by atomic mass is 16.5. The van der Waals surface area contributed by atoms with E-state index < -0.39 is 0 Å². The summed E-state index contributed by atoms with van der Waals surface area (Å²) in [6, 6.07) is 7.89. The standard InChI is InChI=1S/C23H25N7O2/c1-3-17-11-20-21(27-22(17)31)10-16(12-24-20)14-29-6-8-30(9-7-29)18-4-5-19(25-13-18)23-26-15(2)28-32-23/h4-5,10-13H,3,6-9,14H2,1-2H3,(H,27,31). The van der Waals surface area contributed by atoms with Crippen LogP contribution in [0.25, 0.3) is 22.6 Å². The van der Waals surface area contributed by atoms with E-state index in [0.29, 0.717) is 23.8 Å². The quantitative estimate of drug-likeness (QED) is 0.514. The predicted molar refractivity (Wildman–Crippen MR) is 121 cm³/mol. The number of pyridine rings is 3. The molecule has 1 fully saturated rings. The van der Waals surface area contributed by atoms with Gasteiger partial charge in [-0.25, -0.2) is 4.98 Å². The molecule has 1 aliphatic rings. The molecule has 0 spiro atoms. The van der Waals surface area contributed by atoms with Gasteiger partial charge in [0.25, 0.3) is 11.4 Å². The molecule has 1 saturated heterocycles. The minimum Gasteiger partial charge on any atom is -0.368 e. The zero-order valence-electron chi connectivity index (χ0n) is 18.2. The van der Waals surface area contributed by atoms with E-state index in [0.717, 1.165) is 60.6 Å². The third-order valence-electron chi connectivity index (χ3n) is 5.85. The summed E-state index contributed by atoms with van der Waals surface area (Å²) in [7, 11) is 0. The molecule has 9 heteroatoms. The van der Waals surface area contributed by atoms with Crippen LogP contribution in [0.15, 0.2) is 46.0 Å². The van der Waals surface area contributed by atoms with Gasteiger partial charge in [-0.05, 0) is 43.2 Å². The molecule has 0 atom stereocenters. The van der Waals surface area contributed by atoms with Crippen LogP contribution in [0.5, 0.6) is 0 Å². The molecule has 5 rings (SSSR count). The molecule has 5 heterocycles. The van der Waals surface area contributed by atoms with Crippen LogP contribution in [0.3, 0.4) is 0 Å². The maximum atomic E-state index is 12.1. The highest BCUT2D eigenvalue weighted by Crippen LogP contribution is 2.21. The number of hydrogen-bond donors (Lipinski definition) is 1. The summed E-state index contributed by atoms with van der Waals surface area (Å²) in [6.45, 7) is 8.28. The predicted octanol–water partition coefficient (Wildman–Crippen LogP) is 2.56. The molecule has 0 radical (unpaired) electrons. The number of fused-ring (bicyclic) bond motifs is 1. The number of H-pyrrole nitrogens is 1. The average molecular weight is 432 g/mol. The van der Waals surface area contributed by atoms with Crippen molar-refractivity contribution in [2.75, 3.05) is 31.1 Å². The summed E-state index contributed by atoms with van der Waals surface area (Å²) in [6.07, 6.45) is 4.47. The Morgan fingerprint density at radius 2 is 1.94 bits per heavy atom. The number of rotatable bonds is 5. The first-order valence-electron chi connectivity index (χ1n) is 10.8. The van der Waals surface area contributed by atoms with Crippen molar-refractivity contribution < 1.29 is 4.52 Å². The highest BCUT2D eigenvalue weighted by Gasteiger charge is 2.18. The van der Waals surface area contributed by atoms with Crippen molar-refractivity contribution in [3.05, 3.63) is 64.0 Å². The molecule has 0 saturated carbocycles. The Kier molecular flexibility index (Phi) is 5.40. The summed E-state index contributed by atoms with van der Waals surface area (Å²) in [4.78, 5) is 33.1. The van der Waals surface area contributed by atoms with Crippen molar-refractivity contribution in [1.82, 2.24) is 30.0 Å². The van der Waals surface area contributed by atoms with Crippen molar-refractivity contribution in [3.63, 3.8) is 0 Å². The molecule has 0 amide bonds. The van der Waals surface area contributed by atoms with Crippen molar-refractivity contribution in [2.24, 2.45) is 0 Å². The van der Waals surface area contributed by atoms with Gasteiger partial charge in [-0.2, -0.15) is 4.98 Å². The molecule has 0 bridgehead atoms. The van der Waals surface area contributed by atoms with Crippen LogP contribution in [-0.2, 0) is 13.0 Å². The van der Waals surface area contributed by atoms with Crippen molar-refractivity contribution in [3.8, 4) is 11.6 Å². The number of hydrogen-bond acceptors (Lipinski definition) is 8. The van der Waals surface area contributed by atoms with Gasteiger partial charge in [-0.3, -0.25) is 14.7 Å². The SMILES string of the molecule is CCc1cc2ncc(CN3CCN(c4ccc(-c5nc(C)no5)nc4)CC3)cc2[nH]c1=O.